The summed E-state index contributed by atoms with van der Waals surface area (Å²) < 4.78 is 0. The van der Waals surface area contributed by atoms with Crippen LogP contribution in [0, 0.1) is 10.1 Å². The van der Waals surface area contributed by atoms with Gasteiger partial charge in [-0.2, -0.15) is 0 Å². The van der Waals surface area contributed by atoms with Crippen molar-refractivity contribution in [2.45, 2.75) is 13.3 Å². The fraction of sp³-hybridized carbons (Fsp3) is 0.143. The van der Waals surface area contributed by atoms with Crippen LogP contribution in [0.2, 0.25) is 0 Å². The minimum atomic E-state index is -3.81. The molecular formula is C14H16NO5PS. The van der Waals surface area contributed by atoms with Crippen LogP contribution in [0.25, 0.3) is 11.1 Å². The maximum Gasteiger partial charge on any atom is 0.319 e. The Hall–Kier alpha value is -1.63. The Bertz CT molecular complexity index is 693. The van der Waals surface area contributed by atoms with Crippen molar-refractivity contribution < 1.29 is 19.6 Å². The number of aryl methyl sites for hydroxylation is 1. The molecule has 0 amide bonds. The summed E-state index contributed by atoms with van der Waals surface area (Å²) in [6, 6.07) is 14.7. The molecule has 8 heteroatoms. The predicted octanol–water partition coefficient (Wildman–Crippen LogP) is 3.01. The number of nitrogens with zero attached hydrogens (tertiary/aromatic N) is 1. The summed E-state index contributed by atoms with van der Waals surface area (Å²) in [5.74, 6) is 0. The topological polar surface area (TPSA) is 104 Å². The van der Waals surface area contributed by atoms with Gasteiger partial charge in [-0.1, -0.05) is 43.3 Å². The van der Waals surface area contributed by atoms with Crippen molar-refractivity contribution >= 4 is 24.2 Å². The highest BCUT2D eigenvalue weighted by Gasteiger charge is 2.13. The highest BCUT2D eigenvalue weighted by atomic mass is 32.5. The first kappa shape index (κ1) is 18.4. The van der Waals surface area contributed by atoms with Gasteiger partial charge in [-0.25, -0.2) is 0 Å². The van der Waals surface area contributed by atoms with Crippen molar-refractivity contribution in [3.63, 3.8) is 0 Å². The van der Waals surface area contributed by atoms with Crippen LogP contribution >= 0.6 is 6.72 Å². The zero-order chi connectivity index (χ0) is 16.8. The molecule has 0 unspecified atom stereocenters. The number of benzene rings is 2. The fourth-order valence-corrected chi connectivity index (χ4v) is 1.84. The maximum atomic E-state index is 11.0. The molecule has 0 saturated heterocycles. The second kappa shape index (κ2) is 8.12. The van der Waals surface area contributed by atoms with E-state index in [4.69, 9.17) is 14.7 Å². The molecule has 2 aromatic rings. The summed E-state index contributed by atoms with van der Waals surface area (Å²) >= 11 is 3.60. The van der Waals surface area contributed by atoms with Gasteiger partial charge >= 0.3 is 6.72 Å². The lowest BCUT2D eigenvalue weighted by molar-refractivity contribution is -0.384. The van der Waals surface area contributed by atoms with E-state index >= 15 is 0 Å². The Kier molecular flexibility index (Phi) is 6.80. The van der Waals surface area contributed by atoms with Crippen molar-refractivity contribution in [2.75, 3.05) is 0 Å². The average molecular weight is 341 g/mol. The molecule has 118 valence electrons. The third kappa shape index (κ3) is 6.43. The molecule has 0 atom stereocenters. The summed E-state index contributed by atoms with van der Waals surface area (Å²) in [5.41, 5.74) is 2.91. The van der Waals surface area contributed by atoms with Gasteiger partial charge in [0.2, 0.25) is 0 Å². The van der Waals surface area contributed by atoms with Crippen LogP contribution in [0.4, 0.5) is 5.69 Å². The Morgan fingerprint density at radius 3 is 2.27 bits per heavy atom. The number of hydrogen-bond acceptors (Lipinski definition) is 3. The Balaban J connectivity index is 0.000000422. The molecule has 2 aromatic carbocycles. The molecule has 0 spiro atoms. The summed E-state index contributed by atoms with van der Waals surface area (Å²) in [4.78, 5) is 33.3. The molecule has 22 heavy (non-hydrogen) atoms. The van der Waals surface area contributed by atoms with Gasteiger partial charge in [0.25, 0.3) is 5.69 Å². The lowest BCUT2D eigenvalue weighted by atomic mass is 10.0. The third-order valence-corrected chi connectivity index (χ3v) is 2.75. The molecule has 0 aliphatic carbocycles. The Labute approximate surface area is 133 Å². The zero-order valence-corrected chi connectivity index (χ0v) is 13.5. The van der Waals surface area contributed by atoms with E-state index in [-0.39, 0.29) is 10.6 Å². The lowest BCUT2D eigenvalue weighted by Gasteiger charge is -2.04. The van der Waals surface area contributed by atoms with Crippen molar-refractivity contribution in [3.05, 3.63) is 64.2 Å². The number of rotatable bonds is 3. The lowest BCUT2D eigenvalue weighted by Crippen LogP contribution is -1.92. The largest absolute Gasteiger partial charge is 0.325 e. The molecule has 3 N–H and O–H groups in total. The monoisotopic (exact) mass is 341 g/mol. The third-order valence-electron chi connectivity index (χ3n) is 2.75. The molecule has 0 aliphatic rings. The van der Waals surface area contributed by atoms with Gasteiger partial charge in [-0.3, -0.25) is 10.1 Å². The summed E-state index contributed by atoms with van der Waals surface area (Å²) in [7, 11) is 0. The minimum Gasteiger partial charge on any atom is -0.325 e. The minimum absolute atomic E-state index is 0.153. The molecule has 0 heterocycles. The highest BCUT2D eigenvalue weighted by molar-refractivity contribution is 8.06. The van der Waals surface area contributed by atoms with Crippen molar-refractivity contribution in [1.82, 2.24) is 0 Å². The molecule has 0 fully saturated rings. The van der Waals surface area contributed by atoms with Gasteiger partial charge < -0.3 is 14.7 Å². The van der Waals surface area contributed by atoms with Gasteiger partial charge in [-0.15, -0.1) is 0 Å². The molecule has 0 bridgehead atoms. The van der Waals surface area contributed by atoms with E-state index in [0.29, 0.717) is 5.56 Å². The normalized spacial score (nSPS) is 10.5. The first-order valence-corrected chi connectivity index (χ1v) is 8.99. The second-order valence-corrected chi connectivity index (χ2v) is 6.84. The van der Waals surface area contributed by atoms with Crippen LogP contribution in [-0.4, -0.2) is 19.6 Å². The number of para-hydroxylation sites is 1. The number of nitro benzene ring substituents is 1. The number of hydrogen-bond donors (Lipinski definition) is 3. The van der Waals surface area contributed by atoms with E-state index in [0.717, 1.165) is 12.0 Å². The van der Waals surface area contributed by atoms with Crippen LogP contribution in [0.3, 0.4) is 0 Å². The van der Waals surface area contributed by atoms with Crippen molar-refractivity contribution in [3.8, 4) is 11.1 Å². The smallest absolute Gasteiger partial charge is 0.319 e. The molecule has 0 saturated carbocycles. The van der Waals surface area contributed by atoms with Crippen LogP contribution in [0.5, 0.6) is 0 Å². The van der Waals surface area contributed by atoms with E-state index in [9.17, 15) is 10.1 Å². The van der Waals surface area contributed by atoms with E-state index in [1.165, 1.54) is 11.6 Å². The van der Waals surface area contributed by atoms with Gasteiger partial charge in [0.15, 0.2) is 0 Å². The second-order valence-electron chi connectivity index (χ2n) is 4.34. The zero-order valence-electron chi connectivity index (χ0n) is 11.8. The van der Waals surface area contributed by atoms with Gasteiger partial charge in [-0.05, 0) is 35.4 Å². The SMILES string of the molecule is CCc1cccc(-c2ccccc2[N+](=O)[O-])c1.OP(O)(O)=S. The molecule has 0 aliphatic heterocycles. The highest BCUT2D eigenvalue weighted by Crippen LogP contribution is 2.29. The predicted molar refractivity (Wildman–Crippen MR) is 88.9 cm³/mol. The maximum absolute atomic E-state index is 11.0. The molecule has 2 rings (SSSR count). The standard InChI is InChI=1S/C14H13NO2.H3O3PS/c1-2-11-6-5-7-12(10-11)13-8-3-4-9-14(13)15(16)17;1-4(2,3)5/h3-10H,2H2,1H3;(H3,1,2,3,5). The Morgan fingerprint density at radius 1 is 1.14 bits per heavy atom. The van der Waals surface area contributed by atoms with Gasteiger partial charge in [0.1, 0.15) is 0 Å². The van der Waals surface area contributed by atoms with Gasteiger partial charge in [0, 0.05) is 6.07 Å². The molecule has 0 radical (unpaired) electrons. The number of nitro groups is 1. The fourth-order valence-electron chi connectivity index (χ4n) is 1.84. The molecular weight excluding hydrogens is 325 g/mol. The average Bonchev–Trinajstić information content (AvgIpc) is 2.45. The van der Waals surface area contributed by atoms with Crippen molar-refractivity contribution in [1.29, 1.82) is 0 Å². The van der Waals surface area contributed by atoms with Crippen LogP contribution in [0.1, 0.15) is 12.5 Å². The van der Waals surface area contributed by atoms with E-state index in [2.05, 4.69) is 18.7 Å². The molecule has 6 nitrogen and oxygen atoms in total. The summed E-state index contributed by atoms with van der Waals surface area (Å²) in [6.07, 6.45) is 0.925. The first-order chi connectivity index (χ1) is 10.2. The van der Waals surface area contributed by atoms with E-state index < -0.39 is 6.72 Å². The quantitative estimate of drug-likeness (QED) is 0.450. The van der Waals surface area contributed by atoms with Crippen LogP contribution < -0.4 is 0 Å². The van der Waals surface area contributed by atoms with Crippen molar-refractivity contribution in [2.24, 2.45) is 0 Å². The van der Waals surface area contributed by atoms with Gasteiger partial charge in [0.05, 0.1) is 10.5 Å². The first-order valence-electron chi connectivity index (χ1n) is 6.33. The summed E-state index contributed by atoms with van der Waals surface area (Å²) in [6.45, 7) is -1.74. The van der Waals surface area contributed by atoms with Crippen LogP contribution in [-0.2, 0) is 18.2 Å². The van der Waals surface area contributed by atoms with Crippen LogP contribution in [0.15, 0.2) is 48.5 Å². The Morgan fingerprint density at radius 2 is 1.73 bits per heavy atom. The van der Waals surface area contributed by atoms with E-state index in [1.807, 2.05) is 30.3 Å². The molecule has 0 aromatic heterocycles. The van der Waals surface area contributed by atoms with E-state index in [1.54, 1.807) is 12.1 Å². The summed E-state index contributed by atoms with van der Waals surface area (Å²) in [5, 5.41) is 11.0.